The summed E-state index contributed by atoms with van der Waals surface area (Å²) in [5.74, 6) is 2.50. The molecule has 4 nitrogen and oxygen atoms in total. The quantitative estimate of drug-likeness (QED) is 0.546. The van der Waals surface area contributed by atoms with Gasteiger partial charge in [-0.2, -0.15) is 0 Å². The van der Waals surface area contributed by atoms with Crippen LogP contribution in [0.5, 0.6) is 0 Å². The van der Waals surface area contributed by atoms with E-state index in [2.05, 4.69) is 27.7 Å². The summed E-state index contributed by atoms with van der Waals surface area (Å²) in [5, 5.41) is 31.1. The lowest BCUT2D eigenvalue weighted by atomic mass is 9.45. The van der Waals surface area contributed by atoms with Crippen LogP contribution in [0.25, 0.3) is 0 Å². The van der Waals surface area contributed by atoms with Crippen LogP contribution in [0.4, 0.5) is 0 Å². The zero-order valence-corrected chi connectivity index (χ0v) is 19.7. The van der Waals surface area contributed by atoms with Crippen LogP contribution in [0.2, 0.25) is 0 Å². The Morgan fingerprint density at radius 2 is 1.83 bits per heavy atom. The van der Waals surface area contributed by atoms with E-state index in [-0.39, 0.29) is 24.0 Å². The highest BCUT2D eigenvalue weighted by atomic mass is 16.4. The number of aliphatic carboxylic acids is 1. The Bertz CT molecular complexity index is 577. The van der Waals surface area contributed by atoms with Crippen molar-refractivity contribution < 1.29 is 20.1 Å². The minimum atomic E-state index is -0.684. The molecule has 10 atom stereocenters. The predicted molar refractivity (Wildman–Crippen MR) is 120 cm³/mol. The number of fused-ring (bicyclic) bond motifs is 3. The van der Waals surface area contributed by atoms with E-state index in [1.807, 2.05) is 0 Å². The van der Waals surface area contributed by atoms with Crippen LogP contribution in [0.3, 0.4) is 0 Å². The fraction of sp³-hybridized carbons (Fsp3) is 0.962. The first-order valence-corrected chi connectivity index (χ1v) is 12.8. The summed E-state index contributed by atoms with van der Waals surface area (Å²) >= 11 is 0. The highest BCUT2D eigenvalue weighted by Crippen LogP contribution is 2.61. The van der Waals surface area contributed by atoms with Crippen molar-refractivity contribution in [2.45, 2.75) is 111 Å². The number of carbonyl (C=O) groups is 1. The average molecular weight is 423 g/mol. The van der Waals surface area contributed by atoms with Gasteiger partial charge in [0.15, 0.2) is 0 Å². The van der Waals surface area contributed by atoms with Crippen LogP contribution in [0, 0.1) is 46.8 Å². The van der Waals surface area contributed by atoms with Gasteiger partial charge >= 0.3 is 5.97 Å². The average Bonchev–Trinajstić information content (AvgIpc) is 2.78. The van der Waals surface area contributed by atoms with E-state index in [0.717, 1.165) is 44.9 Å². The SMILES string of the molecule is CC[C@@H]1C2C[C@H](O)CCC2(C)[C@H]2CCCC([C@H](C)CCC(=O)O)CC[C@H](C)[C@@H]2[C@@H]1O. The van der Waals surface area contributed by atoms with Crippen molar-refractivity contribution in [3.63, 3.8) is 0 Å². The van der Waals surface area contributed by atoms with Gasteiger partial charge in [0.1, 0.15) is 0 Å². The summed E-state index contributed by atoms with van der Waals surface area (Å²) in [6.07, 6.45) is 10.3. The third-order valence-electron chi connectivity index (χ3n) is 9.88. The Morgan fingerprint density at radius 3 is 2.50 bits per heavy atom. The van der Waals surface area contributed by atoms with Gasteiger partial charge in [-0.3, -0.25) is 4.79 Å². The van der Waals surface area contributed by atoms with Crippen molar-refractivity contribution >= 4 is 5.97 Å². The monoisotopic (exact) mass is 422 g/mol. The molecular weight excluding hydrogens is 376 g/mol. The van der Waals surface area contributed by atoms with Crippen LogP contribution in [0.1, 0.15) is 98.3 Å². The number of carboxylic acids is 1. The molecule has 0 aromatic carbocycles. The van der Waals surface area contributed by atoms with Crippen molar-refractivity contribution in [2.24, 2.45) is 46.8 Å². The molecule has 0 bridgehead atoms. The van der Waals surface area contributed by atoms with E-state index in [1.54, 1.807) is 0 Å². The largest absolute Gasteiger partial charge is 0.481 e. The van der Waals surface area contributed by atoms with Crippen molar-refractivity contribution in [3.05, 3.63) is 0 Å². The smallest absolute Gasteiger partial charge is 0.303 e. The molecule has 0 heterocycles. The van der Waals surface area contributed by atoms with E-state index in [4.69, 9.17) is 5.11 Å². The Kier molecular flexibility index (Phi) is 7.93. The number of aliphatic hydroxyl groups is 2. The van der Waals surface area contributed by atoms with Crippen molar-refractivity contribution in [1.29, 1.82) is 0 Å². The summed E-state index contributed by atoms with van der Waals surface area (Å²) in [6, 6.07) is 0. The Hall–Kier alpha value is -0.610. The van der Waals surface area contributed by atoms with E-state index < -0.39 is 5.97 Å². The molecule has 0 saturated heterocycles. The molecular formula is C26H46O4. The van der Waals surface area contributed by atoms with Gasteiger partial charge in [-0.05, 0) is 85.4 Å². The number of rotatable bonds is 5. The first kappa shape index (κ1) is 24.0. The molecule has 4 heteroatoms. The minimum Gasteiger partial charge on any atom is -0.481 e. The van der Waals surface area contributed by atoms with Gasteiger partial charge < -0.3 is 15.3 Å². The van der Waals surface area contributed by atoms with Crippen LogP contribution < -0.4 is 0 Å². The zero-order valence-electron chi connectivity index (χ0n) is 19.7. The summed E-state index contributed by atoms with van der Waals surface area (Å²) in [6.45, 7) is 9.30. The topological polar surface area (TPSA) is 77.8 Å². The van der Waals surface area contributed by atoms with Gasteiger partial charge in [0, 0.05) is 6.42 Å². The maximum absolute atomic E-state index is 11.6. The fourth-order valence-electron chi connectivity index (χ4n) is 8.02. The van der Waals surface area contributed by atoms with Crippen LogP contribution in [0.15, 0.2) is 0 Å². The third kappa shape index (κ3) is 4.75. The van der Waals surface area contributed by atoms with Crippen LogP contribution >= 0.6 is 0 Å². The van der Waals surface area contributed by atoms with Crippen molar-refractivity contribution in [2.75, 3.05) is 0 Å². The molecule has 0 amide bonds. The Balaban J connectivity index is 1.81. The van der Waals surface area contributed by atoms with Gasteiger partial charge in [0.05, 0.1) is 12.2 Å². The number of carboxylic acid groups (broad SMARTS) is 1. The molecule has 3 rings (SSSR count). The van der Waals surface area contributed by atoms with E-state index >= 15 is 0 Å². The second-order valence-corrected chi connectivity index (χ2v) is 11.4. The molecule has 3 fully saturated rings. The van der Waals surface area contributed by atoms with Gasteiger partial charge in [-0.15, -0.1) is 0 Å². The summed E-state index contributed by atoms with van der Waals surface area (Å²) in [7, 11) is 0. The molecule has 0 aromatic rings. The first-order valence-electron chi connectivity index (χ1n) is 12.8. The second kappa shape index (κ2) is 9.90. The molecule has 0 spiro atoms. The van der Waals surface area contributed by atoms with E-state index in [0.29, 0.717) is 41.4 Å². The van der Waals surface area contributed by atoms with E-state index in [1.165, 1.54) is 19.3 Å². The predicted octanol–water partition coefficient (Wildman–Crippen LogP) is 5.50. The lowest BCUT2D eigenvalue weighted by Gasteiger charge is -2.60. The maximum Gasteiger partial charge on any atom is 0.303 e. The number of aliphatic hydroxyl groups excluding tert-OH is 2. The van der Waals surface area contributed by atoms with Crippen molar-refractivity contribution in [3.8, 4) is 0 Å². The highest BCUT2D eigenvalue weighted by molar-refractivity contribution is 5.66. The summed E-state index contributed by atoms with van der Waals surface area (Å²) in [4.78, 5) is 11.0. The third-order valence-corrected chi connectivity index (χ3v) is 9.88. The number of hydrogen-bond donors (Lipinski definition) is 3. The van der Waals surface area contributed by atoms with Gasteiger partial charge in [0.25, 0.3) is 0 Å². The van der Waals surface area contributed by atoms with Crippen molar-refractivity contribution in [1.82, 2.24) is 0 Å². The lowest BCUT2D eigenvalue weighted by Crippen LogP contribution is -2.58. The van der Waals surface area contributed by atoms with Gasteiger partial charge in [-0.1, -0.05) is 53.4 Å². The maximum atomic E-state index is 11.6. The Morgan fingerprint density at radius 1 is 1.10 bits per heavy atom. The normalized spacial score (nSPS) is 45.9. The molecule has 0 aliphatic heterocycles. The molecule has 3 saturated carbocycles. The molecule has 0 radical (unpaired) electrons. The Labute approximate surface area is 183 Å². The zero-order chi connectivity index (χ0) is 22.1. The fourth-order valence-corrected chi connectivity index (χ4v) is 8.02. The summed E-state index contributed by atoms with van der Waals surface area (Å²) in [5.41, 5.74) is 0.229. The molecule has 3 aliphatic carbocycles. The highest BCUT2D eigenvalue weighted by Gasteiger charge is 2.57. The summed E-state index contributed by atoms with van der Waals surface area (Å²) < 4.78 is 0. The van der Waals surface area contributed by atoms with E-state index in [9.17, 15) is 15.0 Å². The van der Waals surface area contributed by atoms with Gasteiger partial charge in [0.2, 0.25) is 0 Å². The standard InChI is InChI=1S/C26H46O4/c1-5-20-22-15-19(27)13-14-26(22,4)21-8-6-7-18(16(2)10-12-23(28)29)11-9-17(3)24(21)25(20)30/h16-22,24-25,27,30H,5-15H2,1-4H3,(H,28,29)/t16-,17+,18?,19-,20-,21+,22?,24+,25-,26?/m1/s1. The lowest BCUT2D eigenvalue weighted by molar-refractivity contribution is -0.173. The first-order chi connectivity index (χ1) is 14.2. The molecule has 3 unspecified atom stereocenters. The minimum absolute atomic E-state index is 0.200. The molecule has 174 valence electrons. The molecule has 3 N–H and O–H groups in total. The molecule has 3 aliphatic rings. The van der Waals surface area contributed by atoms with Crippen LogP contribution in [-0.4, -0.2) is 33.5 Å². The van der Waals surface area contributed by atoms with Gasteiger partial charge in [-0.25, -0.2) is 0 Å². The van der Waals surface area contributed by atoms with Crippen LogP contribution in [-0.2, 0) is 4.79 Å². The molecule has 0 aromatic heterocycles. The number of hydrogen-bond acceptors (Lipinski definition) is 3. The molecule has 30 heavy (non-hydrogen) atoms. The second-order valence-electron chi connectivity index (χ2n) is 11.4.